The fraction of sp³-hybridized carbons (Fsp3) is 0.350. The van der Waals surface area contributed by atoms with Crippen LogP contribution in [-0.2, 0) is 6.54 Å². The number of hydrogen-bond donors (Lipinski definition) is 0. The highest BCUT2D eigenvalue weighted by Gasteiger charge is 2.22. The maximum Gasteiger partial charge on any atom is 0.261 e. The summed E-state index contributed by atoms with van der Waals surface area (Å²) in [6.45, 7) is 4.51. The fourth-order valence-corrected chi connectivity index (χ4v) is 3.97. The number of para-hydroxylation sites is 1. The number of benzene rings is 1. The first kappa shape index (κ1) is 17.0. The van der Waals surface area contributed by atoms with Gasteiger partial charge in [-0.2, -0.15) is 0 Å². The van der Waals surface area contributed by atoms with Gasteiger partial charge in [0, 0.05) is 32.0 Å². The number of pyridine rings is 1. The SMILES string of the molecule is Cc1nc2ccccc2c(=O)n1CC1CCN(c2ccncc2Cl)CC1. The highest BCUT2D eigenvalue weighted by molar-refractivity contribution is 6.33. The Labute approximate surface area is 157 Å². The van der Waals surface area contributed by atoms with Gasteiger partial charge < -0.3 is 4.90 Å². The van der Waals surface area contributed by atoms with E-state index in [-0.39, 0.29) is 5.56 Å². The molecule has 3 heterocycles. The van der Waals surface area contributed by atoms with Gasteiger partial charge in [0.2, 0.25) is 0 Å². The molecule has 1 saturated heterocycles. The Kier molecular flexibility index (Phi) is 4.64. The molecule has 1 aliphatic heterocycles. The maximum absolute atomic E-state index is 12.8. The molecule has 0 atom stereocenters. The predicted octanol–water partition coefficient (Wildman–Crippen LogP) is 3.67. The maximum atomic E-state index is 12.8. The number of fused-ring (bicyclic) bond motifs is 1. The molecule has 2 aromatic heterocycles. The summed E-state index contributed by atoms with van der Waals surface area (Å²) < 4.78 is 1.84. The number of rotatable bonds is 3. The van der Waals surface area contributed by atoms with Crippen LogP contribution in [0.2, 0.25) is 5.02 Å². The van der Waals surface area contributed by atoms with Crippen molar-refractivity contribution in [2.24, 2.45) is 5.92 Å². The molecule has 1 aromatic carbocycles. The van der Waals surface area contributed by atoms with Crippen LogP contribution in [0.3, 0.4) is 0 Å². The Balaban J connectivity index is 1.51. The molecular formula is C20H21ClN4O. The minimum atomic E-state index is 0.0627. The zero-order valence-corrected chi connectivity index (χ0v) is 15.5. The molecule has 3 aromatic rings. The summed E-state index contributed by atoms with van der Waals surface area (Å²) >= 11 is 6.26. The monoisotopic (exact) mass is 368 g/mol. The summed E-state index contributed by atoms with van der Waals surface area (Å²) in [7, 11) is 0. The summed E-state index contributed by atoms with van der Waals surface area (Å²) in [5.41, 5.74) is 1.88. The van der Waals surface area contributed by atoms with Crippen LogP contribution in [0.4, 0.5) is 5.69 Å². The standard InChI is InChI=1S/C20H21ClN4O/c1-14-23-18-5-3-2-4-16(18)20(26)25(14)13-15-7-10-24(11-8-15)19-6-9-22-12-17(19)21/h2-6,9,12,15H,7-8,10-11,13H2,1H3. The van der Waals surface area contributed by atoms with E-state index in [0.717, 1.165) is 49.5 Å². The molecule has 0 amide bonds. The predicted molar refractivity (Wildman–Crippen MR) is 105 cm³/mol. The van der Waals surface area contributed by atoms with Gasteiger partial charge >= 0.3 is 0 Å². The van der Waals surface area contributed by atoms with Crippen molar-refractivity contribution in [2.75, 3.05) is 18.0 Å². The van der Waals surface area contributed by atoms with Gasteiger partial charge in [-0.15, -0.1) is 0 Å². The topological polar surface area (TPSA) is 51.0 Å². The second kappa shape index (κ2) is 7.08. The zero-order valence-electron chi connectivity index (χ0n) is 14.7. The van der Waals surface area contributed by atoms with Crippen molar-refractivity contribution in [1.29, 1.82) is 0 Å². The summed E-state index contributed by atoms with van der Waals surface area (Å²) in [6.07, 6.45) is 5.51. The first-order chi connectivity index (χ1) is 12.6. The summed E-state index contributed by atoms with van der Waals surface area (Å²) in [6, 6.07) is 9.52. The molecule has 0 saturated carbocycles. The van der Waals surface area contributed by atoms with E-state index >= 15 is 0 Å². The van der Waals surface area contributed by atoms with Gasteiger partial charge in [0.15, 0.2) is 0 Å². The lowest BCUT2D eigenvalue weighted by Crippen LogP contribution is -2.37. The summed E-state index contributed by atoms with van der Waals surface area (Å²) in [5, 5.41) is 1.39. The number of hydrogen-bond acceptors (Lipinski definition) is 4. The first-order valence-electron chi connectivity index (χ1n) is 8.94. The number of halogens is 1. The Morgan fingerprint density at radius 2 is 1.96 bits per heavy atom. The third kappa shape index (κ3) is 3.19. The highest BCUT2D eigenvalue weighted by atomic mass is 35.5. The largest absolute Gasteiger partial charge is 0.370 e. The number of piperidine rings is 1. The van der Waals surface area contributed by atoms with Crippen LogP contribution in [0.5, 0.6) is 0 Å². The van der Waals surface area contributed by atoms with Gasteiger partial charge in [0.05, 0.1) is 21.6 Å². The van der Waals surface area contributed by atoms with Crippen molar-refractivity contribution in [3.63, 3.8) is 0 Å². The highest BCUT2D eigenvalue weighted by Crippen LogP contribution is 2.29. The van der Waals surface area contributed by atoms with Gasteiger partial charge in [-0.05, 0) is 43.9 Å². The molecule has 0 bridgehead atoms. The van der Waals surface area contributed by atoms with Crippen molar-refractivity contribution in [2.45, 2.75) is 26.3 Å². The second-order valence-corrected chi connectivity index (χ2v) is 7.26. The van der Waals surface area contributed by atoms with Crippen LogP contribution in [0.25, 0.3) is 10.9 Å². The quantitative estimate of drug-likeness (QED) is 0.707. The van der Waals surface area contributed by atoms with Crippen LogP contribution in [0.15, 0.2) is 47.5 Å². The number of aromatic nitrogens is 3. The molecule has 26 heavy (non-hydrogen) atoms. The lowest BCUT2D eigenvalue weighted by atomic mass is 9.96. The van der Waals surface area contributed by atoms with E-state index in [4.69, 9.17) is 11.6 Å². The van der Waals surface area contributed by atoms with Gasteiger partial charge in [0.1, 0.15) is 5.82 Å². The van der Waals surface area contributed by atoms with Gasteiger partial charge in [-0.25, -0.2) is 4.98 Å². The number of anilines is 1. The minimum Gasteiger partial charge on any atom is -0.370 e. The minimum absolute atomic E-state index is 0.0627. The smallest absolute Gasteiger partial charge is 0.261 e. The Morgan fingerprint density at radius 3 is 2.73 bits per heavy atom. The van der Waals surface area contributed by atoms with Gasteiger partial charge in [-0.1, -0.05) is 23.7 Å². The van der Waals surface area contributed by atoms with Crippen LogP contribution in [0, 0.1) is 12.8 Å². The number of nitrogens with zero attached hydrogens (tertiary/aromatic N) is 4. The average molecular weight is 369 g/mol. The Morgan fingerprint density at radius 1 is 1.19 bits per heavy atom. The van der Waals surface area contributed by atoms with Crippen LogP contribution >= 0.6 is 11.6 Å². The molecule has 6 heteroatoms. The van der Waals surface area contributed by atoms with Crippen molar-refractivity contribution < 1.29 is 0 Å². The van der Waals surface area contributed by atoms with Crippen molar-refractivity contribution in [3.05, 3.63) is 63.9 Å². The van der Waals surface area contributed by atoms with Crippen LogP contribution in [0.1, 0.15) is 18.7 Å². The molecule has 1 fully saturated rings. The molecule has 0 spiro atoms. The van der Waals surface area contributed by atoms with E-state index in [1.807, 2.05) is 41.8 Å². The molecule has 0 unspecified atom stereocenters. The number of aryl methyl sites for hydroxylation is 1. The first-order valence-corrected chi connectivity index (χ1v) is 9.32. The van der Waals surface area contributed by atoms with Crippen molar-refractivity contribution in [1.82, 2.24) is 14.5 Å². The van der Waals surface area contributed by atoms with E-state index in [9.17, 15) is 4.79 Å². The fourth-order valence-electron chi connectivity index (χ4n) is 3.73. The third-order valence-corrected chi connectivity index (χ3v) is 5.49. The molecular weight excluding hydrogens is 348 g/mol. The normalized spacial score (nSPS) is 15.5. The second-order valence-electron chi connectivity index (χ2n) is 6.85. The zero-order chi connectivity index (χ0) is 18.1. The third-order valence-electron chi connectivity index (χ3n) is 5.20. The average Bonchev–Trinajstić information content (AvgIpc) is 2.66. The summed E-state index contributed by atoms with van der Waals surface area (Å²) in [4.78, 5) is 23.8. The van der Waals surface area contributed by atoms with E-state index in [1.165, 1.54) is 0 Å². The molecule has 0 aliphatic carbocycles. The van der Waals surface area contributed by atoms with Crippen molar-refractivity contribution in [3.8, 4) is 0 Å². The Hall–Kier alpha value is -2.40. The van der Waals surface area contributed by atoms with Crippen molar-refractivity contribution >= 4 is 28.2 Å². The van der Waals surface area contributed by atoms with E-state index in [0.29, 0.717) is 16.3 Å². The molecule has 1 aliphatic rings. The van der Waals surface area contributed by atoms with Gasteiger partial charge in [0.25, 0.3) is 5.56 Å². The molecule has 0 radical (unpaired) electrons. The molecule has 0 N–H and O–H groups in total. The van der Waals surface area contributed by atoms with E-state index < -0.39 is 0 Å². The van der Waals surface area contributed by atoms with E-state index in [1.54, 1.807) is 12.4 Å². The van der Waals surface area contributed by atoms with Crippen LogP contribution < -0.4 is 10.5 Å². The molecule has 5 nitrogen and oxygen atoms in total. The molecule has 134 valence electrons. The van der Waals surface area contributed by atoms with Crippen LogP contribution in [-0.4, -0.2) is 27.6 Å². The van der Waals surface area contributed by atoms with Gasteiger partial charge in [-0.3, -0.25) is 14.3 Å². The lowest BCUT2D eigenvalue weighted by Gasteiger charge is -2.34. The molecule has 4 rings (SSSR count). The Bertz CT molecular complexity index is 993. The van der Waals surface area contributed by atoms with E-state index in [2.05, 4.69) is 14.9 Å². The lowest BCUT2D eigenvalue weighted by molar-refractivity contribution is 0.349. The summed E-state index contributed by atoms with van der Waals surface area (Å²) in [5.74, 6) is 1.25.